The second-order valence-electron chi connectivity index (χ2n) is 9.82. The van der Waals surface area contributed by atoms with Crippen LogP contribution in [0.25, 0.3) is 0 Å². The van der Waals surface area contributed by atoms with Gasteiger partial charge < -0.3 is 24.6 Å². The van der Waals surface area contributed by atoms with Crippen molar-refractivity contribution in [1.82, 2.24) is 9.62 Å². The van der Waals surface area contributed by atoms with E-state index in [0.29, 0.717) is 24.5 Å². The fourth-order valence-electron chi connectivity index (χ4n) is 4.25. The van der Waals surface area contributed by atoms with E-state index in [1.54, 1.807) is 43.3 Å². The molecular weight excluding hydrogens is 496 g/mol. The highest BCUT2D eigenvalue weighted by atomic mass is 32.2. The summed E-state index contributed by atoms with van der Waals surface area (Å²) in [5, 5.41) is 14.4. The standard InChI is InChI=1S/C27H38N2O7S/c1-20(2)16-29(37(32,33)24-12-10-22(34-4)11-13-24)17-25(30)27(3,21-8-6-5-7-9-21)28-26(31)19-36-23-14-15-35-18-23/h5-13,20,23,25,30H,14-19H2,1-4H3,(H,28,31)/t23?,25-,27+/m1/s1. The number of hydrogen-bond donors (Lipinski definition) is 2. The smallest absolute Gasteiger partial charge is 0.246 e. The number of hydrogen-bond acceptors (Lipinski definition) is 7. The summed E-state index contributed by atoms with van der Waals surface area (Å²) >= 11 is 0. The summed E-state index contributed by atoms with van der Waals surface area (Å²) in [7, 11) is -2.43. The third kappa shape index (κ3) is 7.52. The molecule has 3 atom stereocenters. The lowest BCUT2D eigenvalue weighted by Gasteiger charge is -2.38. The van der Waals surface area contributed by atoms with Crippen LogP contribution < -0.4 is 10.1 Å². The quantitative estimate of drug-likeness (QED) is 0.406. The van der Waals surface area contributed by atoms with Gasteiger partial charge in [-0.15, -0.1) is 0 Å². The molecule has 1 saturated heterocycles. The first kappa shape index (κ1) is 29.1. The minimum absolute atomic E-state index is 0.000161. The van der Waals surface area contributed by atoms with Crippen molar-refractivity contribution in [1.29, 1.82) is 0 Å². The molecule has 0 spiro atoms. The number of carbonyl (C=O) groups is 1. The van der Waals surface area contributed by atoms with Gasteiger partial charge in [0.05, 0.1) is 36.4 Å². The number of carbonyl (C=O) groups excluding carboxylic acids is 1. The highest BCUT2D eigenvalue weighted by Gasteiger charge is 2.40. The van der Waals surface area contributed by atoms with Crippen LogP contribution in [0.1, 0.15) is 32.8 Å². The fraction of sp³-hybridized carbons (Fsp3) is 0.519. The number of rotatable bonds is 13. The number of aliphatic hydroxyl groups excluding tert-OH is 1. The van der Waals surface area contributed by atoms with E-state index in [4.69, 9.17) is 14.2 Å². The van der Waals surface area contributed by atoms with Crippen LogP contribution in [0, 0.1) is 5.92 Å². The first-order valence-electron chi connectivity index (χ1n) is 12.4. The van der Waals surface area contributed by atoms with Gasteiger partial charge in [0.1, 0.15) is 12.4 Å². The zero-order chi connectivity index (χ0) is 27.1. The van der Waals surface area contributed by atoms with Crippen molar-refractivity contribution >= 4 is 15.9 Å². The zero-order valence-electron chi connectivity index (χ0n) is 21.9. The van der Waals surface area contributed by atoms with Crippen molar-refractivity contribution in [3.8, 4) is 5.75 Å². The van der Waals surface area contributed by atoms with Crippen molar-refractivity contribution in [2.24, 2.45) is 5.92 Å². The van der Waals surface area contributed by atoms with Gasteiger partial charge in [-0.1, -0.05) is 44.2 Å². The first-order chi connectivity index (χ1) is 17.6. The molecule has 1 amide bonds. The molecule has 204 valence electrons. The van der Waals surface area contributed by atoms with Gasteiger partial charge >= 0.3 is 0 Å². The summed E-state index contributed by atoms with van der Waals surface area (Å²) in [6.45, 7) is 6.32. The Bertz CT molecular complexity index is 1100. The monoisotopic (exact) mass is 534 g/mol. The van der Waals surface area contributed by atoms with Gasteiger partial charge in [-0.05, 0) is 49.1 Å². The molecule has 1 unspecified atom stereocenters. The van der Waals surface area contributed by atoms with Gasteiger partial charge in [-0.3, -0.25) is 4.79 Å². The van der Waals surface area contributed by atoms with Gasteiger partial charge in [0.2, 0.25) is 15.9 Å². The summed E-state index contributed by atoms with van der Waals surface area (Å²) in [5.74, 6) is 0.130. The second kappa shape index (κ2) is 12.8. The van der Waals surface area contributed by atoms with Crippen molar-refractivity contribution in [3.63, 3.8) is 0 Å². The Balaban J connectivity index is 1.85. The van der Waals surface area contributed by atoms with E-state index in [1.165, 1.54) is 23.5 Å². The molecule has 2 aromatic carbocycles. The van der Waals surface area contributed by atoms with E-state index < -0.39 is 27.6 Å². The Morgan fingerprint density at radius 3 is 2.41 bits per heavy atom. The average Bonchev–Trinajstić information content (AvgIpc) is 3.41. The number of methoxy groups -OCH3 is 1. The van der Waals surface area contributed by atoms with Crippen LogP contribution in [-0.4, -0.2) is 76.0 Å². The lowest BCUT2D eigenvalue weighted by molar-refractivity contribution is -0.131. The van der Waals surface area contributed by atoms with E-state index in [0.717, 1.165) is 6.42 Å². The number of ether oxygens (including phenoxy) is 3. The topological polar surface area (TPSA) is 114 Å². The van der Waals surface area contributed by atoms with Crippen molar-refractivity contribution < 1.29 is 32.5 Å². The largest absolute Gasteiger partial charge is 0.497 e. The Kier molecular flexibility index (Phi) is 10.1. The normalized spacial score (nSPS) is 18.5. The molecule has 1 aliphatic rings. The summed E-state index contributed by atoms with van der Waals surface area (Å²) in [4.78, 5) is 13.0. The molecule has 0 bridgehead atoms. The molecule has 2 N–H and O–H groups in total. The first-order valence-corrected chi connectivity index (χ1v) is 13.9. The van der Waals surface area contributed by atoms with E-state index in [-0.39, 0.29) is 36.6 Å². The fourth-order valence-corrected chi connectivity index (χ4v) is 5.86. The third-order valence-electron chi connectivity index (χ3n) is 6.42. The summed E-state index contributed by atoms with van der Waals surface area (Å²) in [5.41, 5.74) is -0.634. The summed E-state index contributed by atoms with van der Waals surface area (Å²) in [6.07, 6.45) is -0.686. The van der Waals surface area contributed by atoms with Crippen LogP contribution in [-0.2, 0) is 29.8 Å². The molecule has 0 saturated carbocycles. The molecule has 1 aliphatic heterocycles. The molecule has 10 heteroatoms. The molecule has 3 rings (SSSR count). The van der Waals surface area contributed by atoms with Gasteiger partial charge in [-0.2, -0.15) is 4.31 Å². The number of benzene rings is 2. The van der Waals surface area contributed by atoms with Crippen LogP contribution in [0.4, 0.5) is 0 Å². The SMILES string of the molecule is COc1ccc(S(=O)(=O)N(CC(C)C)C[C@@H](O)[C@@](C)(NC(=O)COC2CCOC2)c2ccccc2)cc1. The highest BCUT2D eigenvalue weighted by Crippen LogP contribution is 2.28. The van der Waals surface area contributed by atoms with E-state index in [9.17, 15) is 18.3 Å². The molecule has 0 radical (unpaired) electrons. The Hall–Kier alpha value is -2.50. The maximum atomic E-state index is 13.6. The predicted molar refractivity (Wildman–Crippen MR) is 140 cm³/mol. The summed E-state index contributed by atoms with van der Waals surface area (Å²) in [6, 6.07) is 15.2. The number of aliphatic hydroxyl groups is 1. The van der Waals surface area contributed by atoms with Crippen LogP contribution in [0.2, 0.25) is 0 Å². The van der Waals surface area contributed by atoms with Crippen molar-refractivity contribution in [2.75, 3.05) is 40.0 Å². The highest BCUT2D eigenvalue weighted by molar-refractivity contribution is 7.89. The minimum Gasteiger partial charge on any atom is -0.497 e. The van der Waals surface area contributed by atoms with Crippen molar-refractivity contribution in [3.05, 3.63) is 60.2 Å². The molecule has 9 nitrogen and oxygen atoms in total. The Labute approximate surface area is 219 Å². The molecule has 0 aliphatic carbocycles. The van der Waals surface area contributed by atoms with Crippen LogP contribution in [0.3, 0.4) is 0 Å². The zero-order valence-corrected chi connectivity index (χ0v) is 22.7. The third-order valence-corrected chi connectivity index (χ3v) is 8.27. The number of nitrogens with one attached hydrogen (secondary N) is 1. The number of nitrogens with zero attached hydrogens (tertiary/aromatic N) is 1. The number of sulfonamides is 1. The summed E-state index contributed by atoms with van der Waals surface area (Å²) < 4.78 is 44.5. The van der Waals surface area contributed by atoms with Crippen LogP contribution >= 0.6 is 0 Å². The number of amides is 1. The maximum Gasteiger partial charge on any atom is 0.246 e. The van der Waals surface area contributed by atoms with Gasteiger partial charge in [-0.25, -0.2) is 8.42 Å². The van der Waals surface area contributed by atoms with E-state index >= 15 is 0 Å². The molecule has 1 fully saturated rings. The maximum absolute atomic E-state index is 13.6. The minimum atomic E-state index is -3.94. The van der Waals surface area contributed by atoms with Gasteiger partial charge in [0, 0.05) is 19.7 Å². The molecule has 37 heavy (non-hydrogen) atoms. The van der Waals surface area contributed by atoms with E-state index in [1.807, 2.05) is 19.9 Å². The average molecular weight is 535 g/mol. The Morgan fingerprint density at radius 2 is 1.84 bits per heavy atom. The van der Waals surface area contributed by atoms with Crippen LogP contribution in [0.5, 0.6) is 5.75 Å². The van der Waals surface area contributed by atoms with Gasteiger partial charge in [0.15, 0.2) is 0 Å². The van der Waals surface area contributed by atoms with Crippen LogP contribution in [0.15, 0.2) is 59.5 Å². The lowest BCUT2D eigenvalue weighted by Crippen LogP contribution is -2.57. The molecule has 2 aromatic rings. The molecular formula is C27H38N2O7S. The predicted octanol–water partition coefficient (Wildman–Crippen LogP) is 2.54. The van der Waals surface area contributed by atoms with Gasteiger partial charge in [0.25, 0.3) is 0 Å². The Morgan fingerprint density at radius 1 is 1.16 bits per heavy atom. The second-order valence-corrected chi connectivity index (χ2v) is 11.8. The van der Waals surface area contributed by atoms with Crippen molar-refractivity contribution in [2.45, 2.75) is 49.8 Å². The van der Waals surface area contributed by atoms with E-state index in [2.05, 4.69) is 5.32 Å². The molecule has 1 heterocycles. The molecule has 0 aromatic heterocycles. The lowest BCUT2D eigenvalue weighted by atomic mass is 9.86.